The molecule has 0 saturated heterocycles. The summed E-state index contributed by atoms with van der Waals surface area (Å²) in [5, 5.41) is 6.85. The second-order valence-electron chi connectivity index (χ2n) is 11.6. The number of fused-ring (bicyclic) bond motifs is 1. The number of allylic oxidation sites excluding steroid dienone is 2. The van der Waals surface area contributed by atoms with Crippen molar-refractivity contribution in [2.24, 2.45) is 28.2 Å². The van der Waals surface area contributed by atoms with Crippen molar-refractivity contribution < 1.29 is 4.74 Å². The third-order valence-corrected chi connectivity index (χ3v) is 11.1. The third-order valence-electron chi connectivity index (χ3n) is 8.26. The second-order valence-corrected chi connectivity index (χ2v) is 14.0. The van der Waals surface area contributed by atoms with Crippen LogP contribution in [0.5, 0.6) is 0 Å². The molecule has 0 bridgehead atoms. The molecule has 2 aromatic carbocycles. The Balaban J connectivity index is 1.43. The number of ether oxygens (including phenoxy) is 1. The molecule has 186 valence electrons. The lowest BCUT2D eigenvalue weighted by molar-refractivity contribution is 0.223. The average Bonchev–Trinajstić information content (AvgIpc) is 3.46. The molecule has 5 rings (SSSR count). The largest absolute Gasteiger partial charge is 0.478 e. The van der Waals surface area contributed by atoms with E-state index in [1.807, 2.05) is 0 Å². The van der Waals surface area contributed by atoms with Crippen LogP contribution >= 0.6 is 7.92 Å². The topological polar surface area (TPSA) is 33.6 Å². The van der Waals surface area contributed by atoms with Crippen molar-refractivity contribution in [3.63, 3.8) is 0 Å². The van der Waals surface area contributed by atoms with E-state index >= 15 is 0 Å². The molecule has 1 aliphatic heterocycles. The van der Waals surface area contributed by atoms with E-state index in [0.29, 0.717) is 24.2 Å². The van der Waals surface area contributed by atoms with Crippen LogP contribution in [-0.2, 0) is 4.74 Å². The van der Waals surface area contributed by atoms with Gasteiger partial charge in [-0.2, -0.15) is 0 Å². The van der Waals surface area contributed by atoms with Gasteiger partial charge in [0.1, 0.15) is 6.61 Å². The minimum atomic E-state index is -0.495. The molecule has 0 radical (unpaired) electrons. The van der Waals surface area contributed by atoms with Gasteiger partial charge in [0.25, 0.3) is 0 Å². The number of nitrogens with zero attached hydrogens (tertiary/aromatic N) is 1. The van der Waals surface area contributed by atoms with Crippen molar-refractivity contribution in [3.8, 4) is 0 Å². The smallest absolute Gasteiger partial charge is 0.198 e. The Hall–Kier alpha value is -1.96. The number of hydrogen-bond donors (Lipinski definition) is 1. The molecule has 2 aromatic rings. The first kappa shape index (κ1) is 24.7. The zero-order valence-electron chi connectivity index (χ0n) is 21.9. The number of benzene rings is 2. The molecule has 1 saturated carbocycles. The Morgan fingerprint density at radius 1 is 1.03 bits per heavy atom. The van der Waals surface area contributed by atoms with E-state index in [1.165, 1.54) is 23.5 Å². The first-order valence-electron chi connectivity index (χ1n) is 13.4. The van der Waals surface area contributed by atoms with Gasteiger partial charge >= 0.3 is 0 Å². The SMILES string of the molecule is CCC1C2CC2=C[C@@H](P(c2ccccc2)c2ccccc2)C1[C@H](C)NCC1=N[C@@H](C(C)(C)C)CO1. The van der Waals surface area contributed by atoms with Gasteiger partial charge < -0.3 is 10.1 Å². The summed E-state index contributed by atoms with van der Waals surface area (Å²) in [6, 6.07) is 23.1. The molecule has 3 aliphatic rings. The van der Waals surface area contributed by atoms with Gasteiger partial charge in [-0.25, -0.2) is 4.99 Å². The van der Waals surface area contributed by atoms with Gasteiger partial charge in [0.05, 0.1) is 12.6 Å². The minimum Gasteiger partial charge on any atom is -0.478 e. The van der Waals surface area contributed by atoms with Crippen molar-refractivity contribution in [1.29, 1.82) is 0 Å². The van der Waals surface area contributed by atoms with Crippen LogP contribution in [0.25, 0.3) is 0 Å². The van der Waals surface area contributed by atoms with Crippen LogP contribution in [0, 0.1) is 23.2 Å². The molecule has 0 amide bonds. The fourth-order valence-electron chi connectivity index (χ4n) is 6.15. The maximum atomic E-state index is 6.00. The van der Waals surface area contributed by atoms with E-state index in [4.69, 9.17) is 9.73 Å². The van der Waals surface area contributed by atoms with Gasteiger partial charge in [-0.05, 0) is 55.0 Å². The number of rotatable bonds is 8. The fourth-order valence-corrected chi connectivity index (χ4v) is 9.29. The van der Waals surface area contributed by atoms with E-state index in [-0.39, 0.29) is 11.5 Å². The standard InChI is InChI=1S/C31H41N2OP/c1-6-25-26-17-22(26)18-27(35(23-13-9-7-10-14-23)24-15-11-8-12-16-24)30(25)21(2)32-19-29-33-28(20-34-29)31(3,4)5/h7-16,18,21,25-28,30,32H,6,17,19-20H2,1-5H3/t21-,25?,26?,27+,28+,30?/m0/s1. The Morgan fingerprint density at radius 2 is 1.66 bits per heavy atom. The summed E-state index contributed by atoms with van der Waals surface area (Å²) in [6.07, 6.45) is 5.23. The molecule has 6 atom stereocenters. The summed E-state index contributed by atoms with van der Waals surface area (Å²) in [4.78, 5) is 4.91. The summed E-state index contributed by atoms with van der Waals surface area (Å²) < 4.78 is 6.00. The maximum absolute atomic E-state index is 6.00. The Kier molecular flexibility index (Phi) is 7.20. The zero-order valence-corrected chi connectivity index (χ0v) is 22.8. The van der Waals surface area contributed by atoms with Crippen LogP contribution in [-0.4, -0.2) is 36.8 Å². The summed E-state index contributed by atoms with van der Waals surface area (Å²) >= 11 is 0. The monoisotopic (exact) mass is 488 g/mol. The van der Waals surface area contributed by atoms with Gasteiger partial charge in [-0.1, -0.05) is 106 Å². The molecule has 0 spiro atoms. The minimum absolute atomic E-state index is 0.142. The van der Waals surface area contributed by atoms with Gasteiger partial charge in [0.15, 0.2) is 5.90 Å². The van der Waals surface area contributed by atoms with Gasteiger partial charge in [-0.15, -0.1) is 0 Å². The van der Waals surface area contributed by atoms with E-state index in [0.717, 1.165) is 24.3 Å². The first-order chi connectivity index (χ1) is 16.9. The lowest BCUT2D eigenvalue weighted by atomic mass is 9.76. The predicted octanol–water partition coefficient (Wildman–Crippen LogP) is 5.91. The molecule has 1 N–H and O–H groups in total. The van der Waals surface area contributed by atoms with Crippen molar-refractivity contribution in [2.75, 3.05) is 13.2 Å². The molecule has 3 unspecified atom stereocenters. The predicted molar refractivity (Wildman–Crippen MR) is 150 cm³/mol. The highest BCUT2D eigenvalue weighted by molar-refractivity contribution is 7.73. The first-order valence-corrected chi connectivity index (χ1v) is 14.8. The summed E-state index contributed by atoms with van der Waals surface area (Å²) in [6.45, 7) is 13.0. The molecule has 3 nitrogen and oxygen atoms in total. The van der Waals surface area contributed by atoms with Crippen molar-refractivity contribution in [2.45, 2.75) is 65.2 Å². The van der Waals surface area contributed by atoms with Gasteiger partial charge in [0, 0.05) is 11.7 Å². The second kappa shape index (κ2) is 10.2. The van der Waals surface area contributed by atoms with Crippen LogP contribution in [0.4, 0.5) is 0 Å². The van der Waals surface area contributed by atoms with Crippen molar-refractivity contribution >= 4 is 24.4 Å². The summed E-state index contributed by atoms with van der Waals surface area (Å²) in [5.74, 6) is 2.99. The Morgan fingerprint density at radius 3 is 2.20 bits per heavy atom. The van der Waals surface area contributed by atoms with Gasteiger partial charge in [0.2, 0.25) is 0 Å². The van der Waals surface area contributed by atoms with Crippen molar-refractivity contribution in [3.05, 3.63) is 72.3 Å². The number of hydrogen-bond acceptors (Lipinski definition) is 3. The molecule has 1 fully saturated rings. The zero-order chi connectivity index (χ0) is 24.6. The summed E-state index contributed by atoms with van der Waals surface area (Å²) in [7, 11) is -0.495. The fraction of sp³-hybridized carbons (Fsp3) is 0.516. The lowest BCUT2D eigenvalue weighted by Crippen LogP contribution is -2.47. The molecule has 35 heavy (non-hydrogen) atoms. The molecule has 1 heterocycles. The Labute approximate surface area is 213 Å². The van der Waals surface area contributed by atoms with Crippen molar-refractivity contribution in [1.82, 2.24) is 5.32 Å². The summed E-state index contributed by atoms with van der Waals surface area (Å²) in [5.41, 5.74) is 2.38. The van der Waals surface area contributed by atoms with Crippen LogP contribution in [0.3, 0.4) is 0 Å². The molecule has 4 heteroatoms. The molecule has 0 aromatic heterocycles. The van der Waals surface area contributed by atoms with Crippen LogP contribution in [0.1, 0.15) is 47.5 Å². The van der Waals surface area contributed by atoms with Crippen LogP contribution in [0.15, 0.2) is 77.3 Å². The highest BCUT2D eigenvalue weighted by Crippen LogP contribution is 2.59. The number of nitrogens with one attached hydrogen (secondary N) is 1. The number of aliphatic imine (C=N–C) groups is 1. The maximum Gasteiger partial charge on any atom is 0.198 e. The quantitative estimate of drug-likeness (QED) is 0.370. The van der Waals surface area contributed by atoms with Gasteiger partial charge in [-0.3, -0.25) is 0 Å². The Bertz CT molecular complexity index is 1020. The highest BCUT2D eigenvalue weighted by atomic mass is 31.1. The average molecular weight is 489 g/mol. The van der Waals surface area contributed by atoms with E-state index < -0.39 is 7.92 Å². The molecular weight excluding hydrogens is 447 g/mol. The highest BCUT2D eigenvalue weighted by Gasteiger charge is 2.50. The lowest BCUT2D eigenvalue weighted by Gasteiger charge is -2.43. The van der Waals surface area contributed by atoms with Crippen LogP contribution < -0.4 is 15.9 Å². The van der Waals surface area contributed by atoms with E-state index in [9.17, 15) is 0 Å². The van der Waals surface area contributed by atoms with Crippen LogP contribution in [0.2, 0.25) is 0 Å². The van der Waals surface area contributed by atoms with E-state index in [2.05, 4.69) is 107 Å². The normalized spacial score (nSPS) is 28.7. The molecular formula is C31H41N2OP. The van der Waals surface area contributed by atoms with E-state index in [1.54, 1.807) is 5.57 Å². The third kappa shape index (κ3) is 5.27. The molecule has 2 aliphatic carbocycles.